The van der Waals surface area contributed by atoms with Gasteiger partial charge in [0.2, 0.25) is 5.91 Å². The molecule has 0 atom stereocenters. The van der Waals surface area contributed by atoms with Gasteiger partial charge in [-0.3, -0.25) is 9.59 Å². The van der Waals surface area contributed by atoms with E-state index >= 15 is 0 Å². The normalized spacial score (nSPS) is 13.8. The Morgan fingerprint density at radius 1 is 1.17 bits per heavy atom. The second-order valence-corrected chi connectivity index (χ2v) is 5.76. The fourth-order valence-electron chi connectivity index (χ4n) is 2.47. The first-order valence-corrected chi connectivity index (χ1v) is 7.80. The highest BCUT2D eigenvalue weighted by molar-refractivity contribution is 6.08. The Labute approximate surface area is 135 Å². The van der Waals surface area contributed by atoms with E-state index in [-0.39, 0.29) is 17.7 Å². The summed E-state index contributed by atoms with van der Waals surface area (Å²) in [6.45, 7) is 0.876. The van der Waals surface area contributed by atoms with Crippen LogP contribution in [0.4, 0.5) is 5.69 Å². The molecule has 0 saturated heterocycles. The molecule has 1 aliphatic rings. The Hall–Kier alpha value is -2.40. The smallest absolute Gasteiger partial charge is 0.253 e. The molecule has 5 heteroatoms. The molecule has 2 aromatic carbocycles. The maximum atomic E-state index is 12.4. The molecule has 2 amide bonds. The first-order valence-electron chi connectivity index (χ1n) is 7.80. The lowest BCUT2D eigenvalue weighted by Crippen LogP contribution is -2.28. The molecule has 0 spiro atoms. The molecule has 2 N–H and O–H groups in total. The molecule has 0 heterocycles. The Kier molecular flexibility index (Phi) is 4.57. The van der Waals surface area contributed by atoms with Gasteiger partial charge in [-0.15, -0.1) is 0 Å². The summed E-state index contributed by atoms with van der Waals surface area (Å²) in [7, 11) is 1.59. The number of nitrogens with one attached hydrogen (secondary N) is 2. The highest BCUT2D eigenvalue weighted by Gasteiger charge is 2.30. The number of benzene rings is 2. The summed E-state index contributed by atoms with van der Waals surface area (Å²) in [4.78, 5) is 24.5. The van der Waals surface area contributed by atoms with Gasteiger partial charge in [0, 0.05) is 19.6 Å². The van der Waals surface area contributed by atoms with E-state index in [1.807, 2.05) is 36.4 Å². The minimum atomic E-state index is -0.209. The molecule has 0 radical (unpaired) electrons. The van der Waals surface area contributed by atoms with E-state index in [1.165, 1.54) is 0 Å². The number of anilines is 1. The number of amides is 2. The predicted molar refractivity (Wildman–Crippen MR) is 89.5 cm³/mol. The summed E-state index contributed by atoms with van der Waals surface area (Å²) in [5.74, 6) is -0.129. The van der Waals surface area contributed by atoms with Crippen LogP contribution in [0.1, 0.15) is 23.2 Å². The third-order valence-corrected chi connectivity index (χ3v) is 3.93. The van der Waals surface area contributed by atoms with Gasteiger partial charge >= 0.3 is 0 Å². The molecule has 0 bridgehead atoms. The zero-order valence-corrected chi connectivity index (χ0v) is 13.1. The molecule has 2 aromatic rings. The average Bonchev–Trinajstić information content (AvgIpc) is 3.39. The van der Waals surface area contributed by atoms with Gasteiger partial charge in [-0.25, -0.2) is 0 Å². The summed E-state index contributed by atoms with van der Waals surface area (Å²) in [5, 5.41) is 7.67. The Balaban J connectivity index is 1.91. The first-order chi connectivity index (χ1) is 11.2. The molecule has 1 fully saturated rings. The molecule has 1 aliphatic carbocycles. The second-order valence-electron chi connectivity index (χ2n) is 5.76. The lowest BCUT2D eigenvalue weighted by Gasteiger charge is -2.13. The van der Waals surface area contributed by atoms with E-state index in [4.69, 9.17) is 4.74 Å². The van der Waals surface area contributed by atoms with E-state index in [9.17, 15) is 9.59 Å². The summed E-state index contributed by atoms with van der Waals surface area (Å²) in [6.07, 6.45) is 1.85. The van der Waals surface area contributed by atoms with Gasteiger partial charge in [0.15, 0.2) is 0 Å². The van der Waals surface area contributed by atoms with Gasteiger partial charge in [0.05, 0.1) is 17.9 Å². The highest BCUT2D eigenvalue weighted by Crippen LogP contribution is 2.31. The molecule has 3 rings (SSSR count). The maximum absolute atomic E-state index is 12.4. The van der Waals surface area contributed by atoms with Crippen molar-refractivity contribution in [2.75, 3.05) is 25.6 Å². The number of carbonyl (C=O) groups excluding carboxylic acids is 2. The standard InChI is InChI=1S/C18H20N2O3/c1-23-9-8-19-18(22)15-10-13-4-2-3-5-14(13)11-16(15)20-17(21)12-6-7-12/h2-5,10-12H,6-9H2,1H3,(H,19,22)(H,20,21). The zero-order chi connectivity index (χ0) is 16.2. The van der Waals surface area contributed by atoms with Crippen molar-refractivity contribution in [1.29, 1.82) is 0 Å². The molecule has 23 heavy (non-hydrogen) atoms. The van der Waals surface area contributed by atoms with E-state index in [0.29, 0.717) is 24.4 Å². The van der Waals surface area contributed by atoms with Gasteiger partial charge in [0.1, 0.15) is 0 Å². The van der Waals surface area contributed by atoms with Gasteiger partial charge in [0.25, 0.3) is 5.91 Å². The van der Waals surface area contributed by atoms with Crippen LogP contribution >= 0.6 is 0 Å². The van der Waals surface area contributed by atoms with E-state index in [1.54, 1.807) is 7.11 Å². The van der Waals surface area contributed by atoms with Crippen LogP contribution in [0, 0.1) is 5.92 Å². The summed E-state index contributed by atoms with van der Waals surface area (Å²) in [6, 6.07) is 11.5. The topological polar surface area (TPSA) is 67.4 Å². The van der Waals surface area contributed by atoms with Crippen molar-refractivity contribution < 1.29 is 14.3 Å². The Bertz CT molecular complexity index is 738. The summed E-state index contributed by atoms with van der Waals surface area (Å²) < 4.78 is 4.95. The molecular formula is C18H20N2O3. The van der Waals surface area contributed by atoms with Gasteiger partial charge in [-0.05, 0) is 35.7 Å². The van der Waals surface area contributed by atoms with E-state index < -0.39 is 0 Å². The minimum absolute atomic E-state index is 0.00813. The van der Waals surface area contributed by atoms with Crippen molar-refractivity contribution in [2.45, 2.75) is 12.8 Å². The lowest BCUT2D eigenvalue weighted by atomic mass is 10.0. The molecule has 1 saturated carbocycles. The van der Waals surface area contributed by atoms with Crippen LogP contribution in [0.15, 0.2) is 36.4 Å². The first kappa shape index (κ1) is 15.5. The van der Waals surface area contributed by atoms with Gasteiger partial charge in [-0.1, -0.05) is 24.3 Å². The molecule has 0 aliphatic heterocycles. The van der Waals surface area contributed by atoms with Crippen LogP contribution in [0.5, 0.6) is 0 Å². The fraction of sp³-hybridized carbons (Fsp3) is 0.333. The van der Waals surface area contributed by atoms with Crippen LogP contribution in [0.2, 0.25) is 0 Å². The average molecular weight is 312 g/mol. The SMILES string of the molecule is COCCNC(=O)c1cc2ccccc2cc1NC(=O)C1CC1. The zero-order valence-electron chi connectivity index (χ0n) is 13.1. The van der Waals surface area contributed by atoms with Crippen LogP contribution in [0.3, 0.4) is 0 Å². The molecular weight excluding hydrogens is 292 g/mol. The van der Waals surface area contributed by atoms with Crippen molar-refractivity contribution in [3.63, 3.8) is 0 Å². The van der Waals surface area contributed by atoms with Crippen molar-refractivity contribution >= 4 is 28.3 Å². The molecule has 0 unspecified atom stereocenters. The monoisotopic (exact) mass is 312 g/mol. The third kappa shape index (κ3) is 3.68. The molecule has 0 aromatic heterocycles. The third-order valence-electron chi connectivity index (χ3n) is 3.93. The number of ether oxygens (including phenoxy) is 1. The summed E-state index contributed by atoms with van der Waals surface area (Å²) >= 11 is 0. The van der Waals surface area contributed by atoms with Crippen molar-refractivity contribution in [3.8, 4) is 0 Å². The van der Waals surface area contributed by atoms with Crippen molar-refractivity contribution in [1.82, 2.24) is 5.32 Å². The van der Waals surface area contributed by atoms with Crippen molar-refractivity contribution in [2.24, 2.45) is 5.92 Å². The van der Waals surface area contributed by atoms with Crippen LogP contribution in [0.25, 0.3) is 10.8 Å². The summed E-state index contributed by atoms with van der Waals surface area (Å²) in [5.41, 5.74) is 1.05. The van der Waals surface area contributed by atoms with Gasteiger partial charge in [-0.2, -0.15) is 0 Å². The number of fused-ring (bicyclic) bond motifs is 1. The molecule has 5 nitrogen and oxygen atoms in total. The molecule has 120 valence electrons. The minimum Gasteiger partial charge on any atom is -0.383 e. The maximum Gasteiger partial charge on any atom is 0.253 e. The fourth-order valence-corrected chi connectivity index (χ4v) is 2.47. The number of hydrogen-bond donors (Lipinski definition) is 2. The van der Waals surface area contributed by atoms with E-state index in [0.717, 1.165) is 23.6 Å². The van der Waals surface area contributed by atoms with Crippen LogP contribution < -0.4 is 10.6 Å². The quantitative estimate of drug-likeness (QED) is 0.806. The number of carbonyl (C=O) groups is 2. The largest absolute Gasteiger partial charge is 0.383 e. The van der Waals surface area contributed by atoms with E-state index in [2.05, 4.69) is 10.6 Å². The Morgan fingerprint density at radius 3 is 2.52 bits per heavy atom. The number of methoxy groups -OCH3 is 1. The second kappa shape index (κ2) is 6.79. The highest BCUT2D eigenvalue weighted by atomic mass is 16.5. The number of hydrogen-bond acceptors (Lipinski definition) is 3. The Morgan fingerprint density at radius 2 is 1.87 bits per heavy atom. The van der Waals surface area contributed by atoms with Crippen LogP contribution in [-0.4, -0.2) is 32.1 Å². The number of rotatable bonds is 6. The van der Waals surface area contributed by atoms with Crippen molar-refractivity contribution in [3.05, 3.63) is 42.0 Å². The van der Waals surface area contributed by atoms with Gasteiger partial charge < -0.3 is 15.4 Å². The predicted octanol–water partition coefficient (Wildman–Crippen LogP) is 2.56. The van der Waals surface area contributed by atoms with Crippen LogP contribution in [-0.2, 0) is 9.53 Å². The lowest BCUT2D eigenvalue weighted by molar-refractivity contribution is -0.117.